The molecule has 21 heavy (non-hydrogen) atoms. The van der Waals surface area contributed by atoms with Crippen LogP contribution in [0.5, 0.6) is 0 Å². The van der Waals surface area contributed by atoms with E-state index in [9.17, 15) is 13.5 Å². The Labute approximate surface area is 125 Å². The van der Waals surface area contributed by atoms with Gasteiger partial charge in [-0.15, -0.1) is 0 Å². The van der Waals surface area contributed by atoms with E-state index in [0.29, 0.717) is 24.0 Å². The molecule has 114 valence electrons. The monoisotopic (exact) mass is 308 g/mol. The third kappa shape index (κ3) is 4.81. The molecule has 0 radical (unpaired) electrons. The zero-order valence-electron chi connectivity index (χ0n) is 11.9. The minimum Gasteiger partial charge on any atom is -0.389 e. The molecule has 1 aliphatic rings. The summed E-state index contributed by atoms with van der Waals surface area (Å²) in [5.74, 6) is -0.182. The van der Waals surface area contributed by atoms with Crippen molar-refractivity contribution < 1.29 is 13.5 Å². The van der Waals surface area contributed by atoms with Crippen molar-refractivity contribution in [3.8, 4) is 6.07 Å². The van der Waals surface area contributed by atoms with Gasteiger partial charge < -0.3 is 5.11 Å². The summed E-state index contributed by atoms with van der Waals surface area (Å²) in [7, 11) is -3.52. The number of aliphatic hydroxyl groups is 1. The van der Waals surface area contributed by atoms with Crippen LogP contribution in [-0.2, 0) is 15.8 Å². The van der Waals surface area contributed by atoms with Gasteiger partial charge in [-0.3, -0.25) is 0 Å². The third-order valence-electron chi connectivity index (χ3n) is 3.82. The number of nitriles is 1. The molecular weight excluding hydrogens is 288 g/mol. The van der Waals surface area contributed by atoms with E-state index in [2.05, 4.69) is 4.72 Å². The number of benzene rings is 1. The summed E-state index contributed by atoms with van der Waals surface area (Å²) < 4.78 is 26.7. The highest BCUT2D eigenvalue weighted by molar-refractivity contribution is 7.88. The molecule has 0 spiro atoms. The van der Waals surface area contributed by atoms with Gasteiger partial charge >= 0.3 is 0 Å². The summed E-state index contributed by atoms with van der Waals surface area (Å²) in [6.45, 7) is 0.0628. The van der Waals surface area contributed by atoms with Crippen molar-refractivity contribution in [2.24, 2.45) is 0 Å². The first-order chi connectivity index (χ1) is 9.92. The van der Waals surface area contributed by atoms with E-state index in [0.717, 1.165) is 19.3 Å². The van der Waals surface area contributed by atoms with Crippen LogP contribution in [-0.4, -0.2) is 25.7 Å². The second kappa shape index (κ2) is 6.56. The van der Waals surface area contributed by atoms with Gasteiger partial charge in [0, 0.05) is 6.54 Å². The first kappa shape index (κ1) is 16.0. The van der Waals surface area contributed by atoms with Crippen molar-refractivity contribution in [3.05, 3.63) is 35.4 Å². The average Bonchev–Trinajstić information content (AvgIpc) is 2.46. The smallest absolute Gasteiger partial charge is 0.215 e. The molecule has 1 aromatic carbocycles. The van der Waals surface area contributed by atoms with Gasteiger partial charge in [0.15, 0.2) is 0 Å². The summed E-state index contributed by atoms with van der Waals surface area (Å²) >= 11 is 0. The highest BCUT2D eigenvalue weighted by atomic mass is 32.2. The fourth-order valence-electron chi connectivity index (χ4n) is 2.63. The molecule has 1 aromatic rings. The minimum atomic E-state index is -3.52. The second-order valence-electron chi connectivity index (χ2n) is 5.68. The van der Waals surface area contributed by atoms with E-state index in [4.69, 9.17) is 5.26 Å². The SMILES string of the molecule is N#Cc1cccc(CS(=O)(=O)NCC2(O)CCCCC2)c1. The molecule has 1 aliphatic carbocycles. The Balaban J connectivity index is 1.97. The minimum absolute atomic E-state index is 0.0628. The summed E-state index contributed by atoms with van der Waals surface area (Å²) in [4.78, 5) is 0. The van der Waals surface area contributed by atoms with Crippen LogP contribution in [0.1, 0.15) is 43.2 Å². The van der Waals surface area contributed by atoms with Gasteiger partial charge in [0.25, 0.3) is 0 Å². The Morgan fingerprint density at radius 1 is 1.29 bits per heavy atom. The second-order valence-corrected chi connectivity index (χ2v) is 7.48. The van der Waals surface area contributed by atoms with E-state index >= 15 is 0 Å². The molecular formula is C15H20N2O3S. The van der Waals surface area contributed by atoms with Crippen LogP contribution in [0, 0.1) is 11.3 Å². The molecule has 0 aromatic heterocycles. The van der Waals surface area contributed by atoms with Crippen molar-refractivity contribution in [1.29, 1.82) is 5.26 Å². The molecule has 1 saturated carbocycles. The molecule has 6 heteroatoms. The standard InChI is InChI=1S/C15H20N2O3S/c16-10-13-5-4-6-14(9-13)11-21(19,20)17-12-15(18)7-2-1-3-8-15/h4-6,9,17-18H,1-3,7-8,11-12H2. The van der Waals surface area contributed by atoms with Crippen LogP contribution in [0.3, 0.4) is 0 Å². The topological polar surface area (TPSA) is 90.2 Å². The lowest BCUT2D eigenvalue weighted by Gasteiger charge is -2.32. The number of hydrogen-bond acceptors (Lipinski definition) is 4. The maximum Gasteiger partial charge on any atom is 0.215 e. The van der Waals surface area contributed by atoms with E-state index in [1.54, 1.807) is 24.3 Å². The van der Waals surface area contributed by atoms with E-state index in [1.165, 1.54) is 0 Å². The van der Waals surface area contributed by atoms with Crippen LogP contribution in [0.2, 0.25) is 0 Å². The zero-order valence-corrected chi connectivity index (χ0v) is 12.7. The lowest BCUT2D eigenvalue weighted by atomic mass is 9.85. The number of rotatable bonds is 5. The average molecular weight is 308 g/mol. The molecule has 1 fully saturated rings. The first-order valence-corrected chi connectivity index (χ1v) is 8.76. The summed E-state index contributed by atoms with van der Waals surface area (Å²) in [6.07, 6.45) is 4.24. The lowest BCUT2D eigenvalue weighted by Crippen LogP contribution is -2.44. The van der Waals surface area contributed by atoms with Crippen molar-refractivity contribution in [2.75, 3.05) is 6.54 Å². The number of hydrogen-bond donors (Lipinski definition) is 2. The van der Waals surface area contributed by atoms with Gasteiger partial charge in [0.05, 0.1) is 23.0 Å². The molecule has 0 amide bonds. The molecule has 2 N–H and O–H groups in total. The van der Waals surface area contributed by atoms with Crippen molar-refractivity contribution in [3.63, 3.8) is 0 Å². The normalized spacial score (nSPS) is 18.1. The highest BCUT2D eigenvalue weighted by Crippen LogP contribution is 2.27. The largest absolute Gasteiger partial charge is 0.389 e. The molecule has 0 atom stereocenters. The van der Waals surface area contributed by atoms with Gasteiger partial charge in [-0.25, -0.2) is 13.1 Å². The molecule has 0 bridgehead atoms. The maximum absolute atomic E-state index is 12.1. The fourth-order valence-corrected chi connectivity index (χ4v) is 3.84. The van der Waals surface area contributed by atoms with Crippen LogP contribution in [0.4, 0.5) is 0 Å². The predicted molar refractivity (Wildman–Crippen MR) is 79.8 cm³/mol. The molecule has 5 nitrogen and oxygen atoms in total. The van der Waals surface area contributed by atoms with Gasteiger partial charge in [-0.2, -0.15) is 5.26 Å². The van der Waals surface area contributed by atoms with Crippen LogP contribution in [0.15, 0.2) is 24.3 Å². The Kier molecular flexibility index (Phi) is 4.99. The van der Waals surface area contributed by atoms with Crippen LogP contribution >= 0.6 is 0 Å². The third-order valence-corrected chi connectivity index (χ3v) is 5.12. The lowest BCUT2D eigenvalue weighted by molar-refractivity contribution is 0.00944. The molecule has 2 rings (SSSR count). The Bertz CT molecular complexity index is 629. The van der Waals surface area contributed by atoms with Crippen molar-refractivity contribution >= 4 is 10.0 Å². The fraction of sp³-hybridized carbons (Fsp3) is 0.533. The molecule has 0 heterocycles. The quantitative estimate of drug-likeness (QED) is 0.866. The van der Waals surface area contributed by atoms with E-state index in [-0.39, 0.29) is 12.3 Å². The summed E-state index contributed by atoms with van der Waals surface area (Å²) in [6, 6.07) is 8.53. The Morgan fingerprint density at radius 2 is 2.00 bits per heavy atom. The van der Waals surface area contributed by atoms with Crippen molar-refractivity contribution in [1.82, 2.24) is 4.72 Å². The van der Waals surface area contributed by atoms with Crippen LogP contribution in [0.25, 0.3) is 0 Å². The van der Waals surface area contributed by atoms with Gasteiger partial charge in [-0.05, 0) is 30.5 Å². The maximum atomic E-state index is 12.1. The van der Waals surface area contributed by atoms with E-state index in [1.807, 2.05) is 6.07 Å². The number of nitrogens with one attached hydrogen (secondary N) is 1. The number of sulfonamides is 1. The van der Waals surface area contributed by atoms with Crippen molar-refractivity contribution in [2.45, 2.75) is 43.5 Å². The van der Waals surface area contributed by atoms with Crippen LogP contribution < -0.4 is 4.72 Å². The molecule has 0 aliphatic heterocycles. The predicted octanol–water partition coefficient (Wildman–Crippen LogP) is 1.67. The van der Waals surface area contributed by atoms with E-state index < -0.39 is 15.6 Å². The Hall–Kier alpha value is -1.42. The van der Waals surface area contributed by atoms with Gasteiger partial charge in [0.2, 0.25) is 10.0 Å². The Morgan fingerprint density at radius 3 is 2.67 bits per heavy atom. The highest BCUT2D eigenvalue weighted by Gasteiger charge is 2.30. The number of nitrogens with zero attached hydrogens (tertiary/aromatic N) is 1. The molecule has 0 saturated heterocycles. The summed E-state index contributed by atoms with van der Waals surface area (Å²) in [5.41, 5.74) is 0.0885. The molecule has 0 unspecified atom stereocenters. The van der Waals surface area contributed by atoms with Gasteiger partial charge in [-0.1, -0.05) is 31.4 Å². The first-order valence-electron chi connectivity index (χ1n) is 7.11. The zero-order chi connectivity index (χ0) is 15.3. The van der Waals surface area contributed by atoms with Gasteiger partial charge in [0.1, 0.15) is 0 Å². The summed E-state index contributed by atoms with van der Waals surface area (Å²) in [5, 5.41) is 19.1.